The first kappa shape index (κ1) is 30.5. The Hall–Kier alpha value is -3.92. The Balaban J connectivity index is 1.22. The van der Waals surface area contributed by atoms with E-state index in [1.54, 1.807) is 34.9 Å². The van der Waals surface area contributed by atoms with Crippen molar-refractivity contribution < 1.29 is 27.6 Å². The number of rotatable bonds is 6. The molecule has 43 heavy (non-hydrogen) atoms. The lowest BCUT2D eigenvalue weighted by molar-refractivity contribution is -0.141. The average molecular weight is 667 g/mol. The van der Waals surface area contributed by atoms with Crippen LogP contribution in [0.25, 0.3) is 11.3 Å². The monoisotopic (exact) mass is 665 g/mol. The summed E-state index contributed by atoms with van der Waals surface area (Å²) in [5.41, 5.74) is 5.36. The second-order valence-corrected chi connectivity index (χ2v) is 11.4. The van der Waals surface area contributed by atoms with Gasteiger partial charge in [-0.1, -0.05) is 0 Å². The number of aromatic nitrogens is 4. The number of nitrogens with one attached hydrogen (secondary N) is 2. The molecule has 3 heterocycles. The number of nitrogens with two attached hydrogens (primary N) is 1. The van der Waals surface area contributed by atoms with E-state index in [0.29, 0.717) is 41.9 Å². The smallest absolute Gasteiger partial charge is 0.335 e. The number of aryl methyl sites for hydroxylation is 1. The summed E-state index contributed by atoms with van der Waals surface area (Å²) in [5.74, 6) is -0.975. The van der Waals surface area contributed by atoms with Crippen LogP contribution in [0, 0.1) is 0 Å². The summed E-state index contributed by atoms with van der Waals surface area (Å²) in [6.45, 7) is 3.46. The van der Waals surface area contributed by atoms with Crippen LogP contribution >= 0.6 is 15.9 Å². The second kappa shape index (κ2) is 12.0. The first-order chi connectivity index (χ1) is 20.3. The van der Waals surface area contributed by atoms with Crippen LogP contribution < -0.4 is 16.4 Å². The van der Waals surface area contributed by atoms with Crippen molar-refractivity contribution in [3.63, 3.8) is 0 Å². The van der Waals surface area contributed by atoms with Gasteiger partial charge < -0.3 is 30.7 Å². The lowest BCUT2D eigenvalue weighted by Gasteiger charge is -2.38. The summed E-state index contributed by atoms with van der Waals surface area (Å²) in [6, 6.07) is 4.78. The Morgan fingerprint density at radius 2 is 1.79 bits per heavy atom. The van der Waals surface area contributed by atoms with Crippen LogP contribution in [0.15, 0.2) is 35.1 Å². The molecule has 2 fully saturated rings. The minimum absolute atomic E-state index is 0.0871. The largest absolute Gasteiger partial charge is 0.435 e. The van der Waals surface area contributed by atoms with Gasteiger partial charge in [-0.2, -0.15) is 18.3 Å². The number of benzene rings is 1. The standard InChI is InChI=1S/C27H31BrF3N9O3/c1-3-40-14-19(22(36-40)27(29,30)31)21-13-33-23(37(21)2)24(41)34-16-4-5-18(20(28)12-16)25(42)38-6-8-39(9-7-38)26(43)35-17-10-15(32)11-17/h4-5,12-15,17H,3,6-11,32H2,1-2H3,(H,34,41)(H,35,43). The molecule has 5 rings (SSSR count). The van der Waals surface area contributed by atoms with Crippen molar-refractivity contribution in [3.05, 3.63) is 52.1 Å². The maximum atomic E-state index is 13.6. The number of nitrogens with zero attached hydrogens (tertiary/aromatic N) is 6. The molecule has 0 bridgehead atoms. The number of carbonyl (C=O) groups excluding carboxylic acids is 3. The predicted molar refractivity (Wildman–Crippen MR) is 154 cm³/mol. The molecule has 0 unspecified atom stereocenters. The van der Waals surface area contributed by atoms with Crippen LogP contribution in [-0.2, 0) is 19.8 Å². The molecule has 1 saturated heterocycles. The zero-order valence-corrected chi connectivity index (χ0v) is 25.1. The minimum atomic E-state index is -4.68. The molecule has 1 saturated carbocycles. The summed E-state index contributed by atoms with van der Waals surface area (Å²) < 4.78 is 43.7. The molecule has 2 aromatic heterocycles. The average Bonchev–Trinajstić information content (AvgIpc) is 3.55. The highest BCUT2D eigenvalue weighted by Crippen LogP contribution is 2.36. The zero-order valence-electron chi connectivity index (χ0n) is 23.5. The number of carbonyl (C=O) groups is 3. The van der Waals surface area contributed by atoms with Crippen molar-refractivity contribution in [2.45, 2.75) is 44.6 Å². The van der Waals surface area contributed by atoms with E-state index in [2.05, 4.69) is 36.6 Å². The second-order valence-electron chi connectivity index (χ2n) is 10.6. The van der Waals surface area contributed by atoms with Gasteiger partial charge in [0.1, 0.15) is 0 Å². The molecule has 0 atom stereocenters. The summed E-state index contributed by atoms with van der Waals surface area (Å²) in [7, 11) is 1.45. The summed E-state index contributed by atoms with van der Waals surface area (Å²) in [6.07, 6.45) is -0.669. The van der Waals surface area contributed by atoms with Crippen LogP contribution in [0.5, 0.6) is 0 Å². The molecule has 12 nitrogen and oxygen atoms in total. The van der Waals surface area contributed by atoms with Gasteiger partial charge in [0.05, 0.1) is 23.0 Å². The fourth-order valence-electron chi connectivity index (χ4n) is 5.13. The molecule has 16 heteroatoms. The zero-order chi connectivity index (χ0) is 31.1. The Bertz CT molecular complexity index is 1540. The van der Waals surface area contributed by atoms with Crippen LogP contribution in [0.4, 0.5) is 23.7 Å². The van der Waals surface area contributed by atoms with Crippen LogP contribution in [0.1, 0.15) is 46.4 Å². The minimum Gasteiger partial charge on any atom is -0.335 e. The van der Waals surface area contributed by atoms with Gasteiger partial charge >= 0.3 is 12.2 Å². The van der Waals surface area contributed by atoms with E-state index < -0.39 is 17.8 Å². The Morgan fingerprint density at radius 1 is 1.12 bits per heavy atom. The van der Waals surface area contributed by atoms with Crippen molar-refractivity contribution in [2.75, 3.05) is 31.5 Å². The van der Waals surface area contributed by atoms with Crippen molar-refractivity contribution >= 4 is 39.5 Å². The Morgan fingerprint density at radius 3 is 2.40 bits per heavy atom. The summed E-state index contributed by atoms with van der Waals surface area (Å²) in [5, 5.41) is 9.27. The highest BCUT2D eigenvalue weighted by Gasteiger charge is 2.38. The van der Waals surface area contributed by atoms with Crippen molar-refractivity contribution in [2.24, 2.45) is 12.8 Å². The molecule has 1 aliphatic heterocycles. The molecule has 0 spiro atoms. The van der Waals surface area contributed by atoms with Gasteiger partial charge in [0.2, 0.25) is 0 Å². The molecule has 4 N–H and O–H groups in total. The van der Waals surface area contributed by atoms with Gasteiger partial charge in [-0.25, -0.2) is 9.78 Å². The van der Waals surface area contributed by atoms with Gasteiger partial charge in [-0.05, 0) is 53.9 Å². The topological polar surface area (TPSA) is 143 Å². The van der Waals surface area contributed by atoms with Crippen LogP contribution in [-0.4, -0.2) is 85.2 Å². The third-order valence-electron chi connectivity index (χ3n) is 7.64. The summed E-state index contributed by atoms with van der Waals surface area (Å²) >= 11 is 3.41. The van der Waals surface area contributed by atoms with Gasteiger partial charge in [0.15, 0.2) is 11.5 Å². The normalized spacial score (nSPS) is 18.8. The highest BCUT2D eigenvalue weighted by atomic mass is 79.9. The van der Waals surface area contributed by atoms with Crippen LogP contribution in [0.3, 0.4) is 0 Å². The number of hydrogen-bond acceptors (Lipinski definition) is 6. The molecular formula is C27H31BrF3N9O3. The molecule has 1 aliphatic carbocycles. The highest BCUT2D eigenvalue weighted by molar-refractivity contribution is 9.10. The molecule has 4 amide bonds. The van der Waals surface area contributed by atoms with Crippen molar-refractivity contribution in [1.82, 2.24) is 34.4 Å². The van der Waals surface area contributed by atoms with Gasteiger partial charge in [-0.15, -0.1) is 0 Å². The lowest BCUT2D eigenvalue weighted by atomic mass is 9.88. The van der Waals surface area contributed by atoms with Gasteiger partial charge in [-0.3, -0.25) is 14.3 Å². The number of anilines is 1. The maximum Gasteiger partial charge on any atom is 0.435 e. The van der Waals surface area contributed by atoms with Crippen molar-refractivity contribution in [1.29, 1.82) is 0 Å². The van der Waals surface area contributed by atoms with Gasteiger partial charge in [0.25, 0.3) is 11.8 Å². The number of amides is 4. The Kier molecular flexibility index (Phi) is 8.51. The fourth-order valence-corrected chi connectivity index (χ4v) is 5.68. The van der Waals surface area contributed by atoms with E-state index in [4.69, 9.17) is 5.73 Å². The first-order valence-corrected chi connectivity index (χ1v) is 14.5. The number of halogens is 4. The van der Waals surface area contributed by atoms with E-state index in [-0.39, 0.29) is 47.6 Å². The molecule has 2 aliphatic rings. The first-order valence-electron chi connectivity index (χ1n) is 13.7. The van der Waals surface area contributed by atoms with E-state index in [0.717, 1.165) is 12.8 Å². The number of urea groups is 1. The predicted octanol–water partition coefficient (Wildman–Crippen LogP) is 3.29. The van der Waals surface area contributed by atoms with Crippen molar-refractivity contribution in [3.8, 4) is 11.3 Å². The fraction of sp³-hybridized carbons (Fsp3) is 0.444. The molecule has 230 valence electrons. The Labute approximate surface area is 253 Å². The van der Waals surface area contributed by atoms with E-state index in [9.17, 15) is 27.6 Å². The van der Waals surface area contributed by atoms with Crippen LogP contribution in [0.2, 0.25) is 0 Å². The van der Waals surface area contributed by atoms with Gasteiger partial charge in [0, 0.05) is 68.2 Å². The number of alkyl halides is 3. The molecule has 3 aromatic rings. The summed E-state index contributed by atoms with van der Waals surface area (Å²) in [4.78, 5) is 46.1. The SMILES string of the molecule is CCn1cc(-c2cnc(C(=O)Nc3ccc(C(=O)N4CCN(C(=O)NC5CC(N)C5)CC4)c(Br)c3)n2C)c(C(F)(F)F)n1. The van der Waals surface area contributed by atoms with E-state index in [1.807, 2.05) is 0 Å². The molecule has 1 aromatic carbocycles. The van der Waals surface area contributed by atoms with E-state index >= 15 is 0 Å². The molecule has 0 radical (unpaired) electrons. The number of hydrogen-bond donors (Lipinski definition) is 3. The quantitative estimate of drug-likeness (QED) is 0.369. The lowest BCUT2D eigenvalue weighted by Crippen LogP contribution is -2.57. The third-order valence-corrected chi connectivity index (χ3v) is 8.29. The molecular weight excluding hydrogens is 635 g/mol. The van der Waals surface area contributed by atoms with E-state index in [1.165, 1.54) is 28.7 Å². The number of piperazine rings is 1. The maximum absolute atomic E-state index is 13.6. The third kappa shape index (κ3) is 6.39. The number of imidazole rings is 1.